The molecule has 10 nitrogen and oxygen atoms in total. The van der Waals surface area contributed by atoms with E-state index in [-0.39, 0.29) is 29.5 Å². The molecule has 2 aliphatic rings. The van der Waals surface area contributed by atoms with Crippen LogP contribution in [0, 0.1) is 5.92 Å². The topological polar surface area (TPSA) is 136 Å². The Labute approximate surface area is 279 Å². The maximum absolute atomic E-state index is 14.5. The van der Waals surface area contributed by atoms with Crippen LogP contribution in [0.4, 0.5) is 0 Å². The number of aliphatic hydroxyl groups is 2. The second kappa shape index (κ2) is 13.6. The summed E-state index contributed by atoms with van der Waals surface area (Å²) < 4.78 is 23.5. The van der Waals surface area contributed by atoms with E-state index in [1.165, 1.54) is 14.2 Å². The van der Waals surface area contributed by atoms with Crippen molar-refractivity contribution in [3.05, 3.63) is 119 Å². The number of hydrogen-bond donors (Lipinski definition) is 4. The second-order valence-electron chi connectivity index (χ2n) is 12.0. The molecule has 6 rings (SSSR count). The molecule has 0 aromatic heterocycles. The molecule has 10 heteroatoms. The zero-order valence-electron chi connectivity index (χ0n) is 27.1. The number of methoxy groups -OCH3 is 3. The molecular weight excluding hydrogens is 612 g/mol. The van der Waals surface area contributed by atoms with Gasteiger partial charge in [0, 0.05) is 36.7 Å². The maximum atomic E-state index is 14.5. The second-order valence-corrected chi connectivity index (χ2v) is 12.0. The van der Waals surface area contributed by atoms with Crippen LogP contribution in [0.2, 0.25) is 0 Å². The van der Waals surface area contributed by atoms with E-state index in [0.717, 1.165) is 0 Å². The molecule has 250 valence electrons. The monoisotopic (exact) mass is 652 g/mol. The summed E-state index contributed by atoms with van der Waals surface area (Å²) in [4.78, 5) is 26.9. The highest BCUT2D eigenvalue weighted by atomic mass is 16.5. The lowest BCUT2D eigenvalue weighted by molar-refractivity contribution is -0.162. The average Bonchev–Trinajstić information content (AvgIpc) is 3.25. The smallest absolute Gasteiger partial charge is 0.251 e. The van der Waals surface area contributed by atoms with E-state index in [2.05, 4.69) is 10.6 Å². The number of aliphatic hydroxyl groups excluding tert-OH is 1. The number of unbranched alkanes of at least 4 members (excludes halogenated alkanes) is 1. The molecule has 0 spiro atoms. The predicted molar refractivity (Wildman–Crippen MR) is 178 cm³/mol. The van der Waals surface area contributed by atoms with Crippen molar-refractivity contribution in [3.63, 3.8) is 0 Å². The van der Waals surface area contributed by atoms with Crippen molar-refractivity contribution in [2.24, 2.45) is 5.92 Å². The molecule has 0 unspecified atom stereocenters. The summed E-state index contributed by atoms with van der Waals surface area (Å²) >= 11 is 0. The summed E-state index contributed by atoms with van der Waals surface area (Å²) in [6.45, 7) is 0.719. The lowest BCUT2D eigenvalue weighted by atomic mass is 9.75. The Balaban J connectivity index is 1.36. The van der Waals surface area contributed by atoms with Gasteiger partial charge in [-0.05, 0) is 48.2 Å². The molecule has 4 aromatic rings. The Bertz CT molecular complexity index is 1750. The van der Waals surface area contributed by atoms with Gasteiger partial charge in [-0.15, -0.1) is 0 Å². The molecule has 1 saturated carbocycles. The van der Waals surface area contributed by atoms with Crippen molar-refractivity contribution >= 4 is 11.8 Å². The lowest BCUT2D eigenvalue weighted by Gasteiger charge is -2.45. The van der Waals surface area contributed by atoms with Gasteiger partial charge in [0.1, 0.15) is 34.7 Å². The molecule has 1 aliphatic carbocycles. The Morgan fingerprint density at radius 2 is 1.42 bits per heavy atom. The molecule has 0 radical (unpaired) electrons. The lowest BCUT2D eigenvalue weighted by Crippen LogP contribution is -2.55. The van der Waals surface area contributed by atoms with Crippen LogP contribution >= 0.6 is 0 Å². The highest BCUT2D eigenvalue weighted by molar-refractivity contribution is 5.94. The van der Waals surface area contributed by atoms with Gasteiger partial charge in [-0.1, -0.05) is 60.7 Å². The van der Waals surface area contributed by atoms with Crippen molar-refractivity contribution in [1.82, 2.24) is 10.6 Å². The van der Waals surface area contributed by atoms with Crippen LogP contribution in [0.25, 0.3) is 0 Å². The number of fused-ring (bicyclic) bond motifs is 4. The largest absolute Gasteiger partial charge is 0.497 e. The summed E-state index contributed by atoms with van der Waals surface area (Å²) in [6.07, 6.45) is -0.405. The summed E-state index contributed by atoms with van der Waals surface area (Å²) in [5.41, 5.74) is -1.73. The van der Waals surface area contributed by atoms with Gasteiger partial charge in [0.25, 0.3) is 5.91 Å². The minimum absolute atomic E-state index is 0.159. The summed E-state index contributed by atoms with van der Waals surface area (Å²) in [7, 11) is 4.52. The Morgan fingerprint density at radius 1 is 0.792 bits per heavy atom. The fourth-order valence-corrected chi connectivity index (χ4v) is 7.25. The number of nitrogens with one attached hydrogen (secondary N) is 2. The first-order valence-corrected chi connectivity index (χ1v) is 16.0. The standard InChI is InChI=1S/C38H40N2O8/c1-45-27-18-16-26(17-19-27)38-31(24-12-6-4-7-13-24)33(35(42)40-21-11-10-20-39-34(41)25-14-8-5-9-15-25)37(44,36(38)43)32-29(47-3)22-28(46-2)23-30(32)48-38/h4-9,12-19,22-23,31,33,36,43-44H,10-11,20-21H2,1-3H3,(H,39,41)(H,40,42)/t31-,33-,36+,37-,38-/m1/s1. The third-order valence-corrected chi connectivity index (χ3v) is 9.47. The van der Waals surface area contributed by atoms with Gasteiger partial charge in [0.05, 0.1) is 32.8 Å². The number of carbonyl (C=O) groups is 2. The van der Waals surface area contributed by atoms with Crippen LogP contribution in [-0.2, 0) is 16.0 Å². The fourth-order valence-electron chi connectivity index (χ4n) is 7.25. The number of rotatable bonds is 12. The number of ether oxygens (including phenoxy) is 4. The van der Waals surface area contributed by atoms with Gasteiger partial charge in [-0.25, -0.2) is 0 Å². The quantitative estimate of drug-likeness (QED) is 0.167. The minimum atomic E-state index is -2.14. The normalized spacial score (nSPS) is 23.7. The van der Waals surface area contributed by atoms with Crippen molar-refractivity contribution in [3.8, 4) is 23.0 Å². The molecule has 1 fully saturated rings. The number of hydrogen-bond acceptors (Lipinski definition) is 8. The zero-order chi connectivity index (χ0) is 33.9. The van der Waals surface area contributed by atoms with Gasteiger partial charge in [0.2, 0.25) is 5.91 Å². The van der Waals surface area contributed by atoms with Crippen LogP contribution in [0.15, 0.2) is 97.1 Å². The number of benzene rings is 4. The average molecular weight is 653 g/mol. The maximum Gasteiger partial charge on any atom is 0.251 e. The number of amides is 2. The molecule has 2 amide bonds. The van der Waals surface area contributed by atoms with Crippen molar-refractivity contribution in [2.75, 3.05) is 34.4 Å². The van der Waals surface area contributed by atoms with E-state index in [1.54, 1.807) is 55.6 Å². The van der Waals surface area contributed by atoms with Crippen molar-refractivity contribution in [1.29, 1.82) is 0 Å². The van der Waals surface area contributed by atoms with Gasteiger partial charge in [-0.2, -0.15) is 0 Å². The first-order valence-electron chi connectivity index (χ1n) is 16.0. The Morgan fingerprint density at radius 3 is 2.04 bits per heavy atom. The highest BCUT2D eigenvalue weighted by Gasteiger charge is 2.76. The summed E-state index contributed by atoms with van der Waals surface area (Å²) in [6, 6.07) is 28.6. The van der Waals surface area contributed by atoms with Crippen LogP contribution in [0.1, 0.15) is 45.8 Å². The minimum Gasteiger partial charge on any atom is -0.497 e. The van der Waals surface area contributed by atoms with Gasteiger partial charge in [0.15, 0.2) is 5.60 Å². The van der Waals surface area contributed by atoms with E-state index in [1.807, 2.05) is 48.5 Å². The van der Waals surface area contributed by atoms with Gasteiger partial charge in [-0.3, -0.25) is 9.59 Å². The molecule has 5 atom stereocenters. The van der Waals surface area contributed by atoms with Crippen LogP contribution in [0.5, 0.6) is 23.0 Å². The van der Waals surface area contributed by atoms with Crippen molar-refractivity contribution < 1.29 is 38.7 Å². The van der Waals surface area contributed by atoms with Crippen LogP contribution < -0.4 is 29.6 Å². The Hall–Kier alpha value is -5.06. The molecule has 1 aliphatic heterocycles. The van der Waals surface area contributed by atoms with Crippen LogP contribution in [0.3, 0.4) is 0 Å². The third-order valence-electron chi connectivity index (χ3n) is 9.47. The fraction of sp³-hybridized carbons (Fsp3) is 0.316. The summed E-state index contributed by atoms with van der Waals surface area (Å²) in [5, 5.41) is 31.3. The molecular formula is C38H40N2O8. The number of carbonyl (C=O) groups excluding carboxylic acids is 2. The predicted octanol–water partition coefficient (Wildman–Crippen LogP) is 4.29. The SMILES string of the molecule is COc1ccc([C@@]23Oc4cc(OC)cc(OC)c4[C@@](O)([C@@H](C(=O)NCCCCNC(=O)c4ccccc4)[C@H]2c2ccccc2)[C@@H]3O)cc1. The van der Waals surface area contributed by atoms with E-state index in [4.69, 9.17) is 18.9 Å². The molecule has 4 aromatic carbocycles. The summed E-state index contributed by atoms with van der Waals surface area (Å²) in [5.74, 6) is -1.19. The molecule has 2 bridgehead atoms. The Kier molecular flexibility index (Phi) is 9.30. The van der Waals surface area contributed by atoms with Gasteiger partial charge < -0.3 is 39.8 Å². The van der Waals surface area contributed by atoms with E-state index < -0.39 is 35.0 Å². The van der Waals surface area contributed by atoms with Gasteiger partial charge >= 0.3 is 0 Å². The third kappa shape index (κ3) is 5.50. The van der Waals surface area contributed by atoms with E-state index in [0.29, 0.717) is 47.6 Å². The first kappa shape index (κ1) is 32.9. The zero-order valence-corrected chi connectivity index (χ0v) is 27.1. The molecule has 4 N–H and O–H groups in total. The van der Waals surface area contributed by atoms with E-state index >= 15 is 0 Å². The van der Waals surface area contributed by atoms with E-state index in [9.17, 15) is 19.8 Å². The molecule has 0 saturated heterocycles. The molecule has 48 heavy (non-hydrogen) atoms. The van der Waals surface area contributed by atoms with Crippen LogP contribution in [-0.4, -0.2) is 62.6 Å². The highest BCUT2D eigenvalue weighted by Crippen LogP contribution is 2.68. The first-order chi connectivity index (χ1) is 23.3. The molecule has 1 heterocycles. The van der Waals surface area contributed by atoms with Crippen molar-refractivity contribution in [2.45, 2.75) is 36.1 Å².